The number of anilines is 1. The zero-order valence-electron chi connectivity index (χ0n) is 20.8. The maximum atomic E-state index is 13.6. The molecule has 0 fully saturated rings. The molecule has 0 aliphatic carbocycles. The highest BCUT2D eigenvalue weighted by atomic mass is 35.5. The molecule has 2 rings (SSSR count). The molecular formula is C25H34ClN3O5S. The van der Waals surface area contributed by atoms with Crippen LogP contribution in [0.1, 0.15) is 32.8 Å². The quantitative estimate of drug-likeness (QED) is 0.459. The van der Waals surface area contributed by atoms with Gasteiger partial charge >= 0.3 is 0 Å². The van der Waals surface area contributed by atoms with Crippen LogP contribution in [0.2, 0.25) is 5.02 Å². The molecule has 0 bridgehead atoms. The lowest BCUT2D eigenvalue weighted by Gasteiger charge is -2.33. The van der Waals surface area contributed by atoms with Crippen molar-refractivity contribution in [2.75, 3.05) is 30.8 Å². The summed E-state index contributed by atoms with van der Waals surface area (Å²) < 4.78 is 31.8. The molecule has 35 heavy (non-hydrogen) atoms. The third-order valence-electron chi connectivity index (χ3n) is 5.39. The summed E-state index contributed by atoms with van der Waals surface area (Å²) in [5, 5.41) is 3.16. The standard InChI is InChI=1S/C25H34ClN3O5S/c1-6-21(25(31)27-18(2)3)28(15-14-19-10-8-7-9-11-19)24(30)17-29(35(5,32)33)22-16-20(26)12-13-23(22)34-4/h7-13,16,18,21H,6,14-15,17H2,1-5H3,(H,27,31). The van der Waals surface area contributed by atoms with Gasteiger partial charge in [-0.2, -0.15) is 0 Å². The number of ether oxygens (including phenoxy) is 1. The van der Waals surface area contributed by atoms with Crippen molar-refractivity contribution in [1.82, 2.24) is 10.2 Å². The van der Waals surface area contributed by atoms with Gasteiger partial charge in [0.25, 0.3) is 0 Å². The molecule has 2 aromatic rings. The van der Waals surface area contributed by atoms with E-state index < -0.39 is 28.5 Å². The number of carbonyl (C=O) groups is 2. The first-order valence-electron chi connectivity index (χ1n) is 11.4. The smallest absolute Gasteiger partial charge is 0.244 e. The predicted octanol–water partition coefficient (Wildman–Crippen LogP) is 3.49. The fourth-order valence-corrected chi connectivity index (χ4v) is 4.74. The molecule has 1 N–H and O–H groups in total. The second-order valence-electron chi connectivity index (χ2n) is 8.50. The molecule has 0 spiro atoms. The molecule has 1 atom stereocenters. The topological polar surface area (TPSA) is 96.0 Å². The van der Waals surface area contributed by atoms with Crippen molar-refractivity contribution in [2.45, 2.75) is 45.7 Å². The molecule has 2 amide bonds. The predicted molar refractivity (Wildman–Crippen MR) is 139 cm³/mol. The van der Waals surface area contributed by atoms with E-state index >= 15 is 0 Å². The number of carbonyl (C=O) groups excluding carboxylic acids is 2. The summed E-state index contributed by atoms with van der Waals surface area (Å²) in [4.78, 5) is 28.1. The van der Waals surface area contributed by atoms with Crippen LogP contribution in [0.25, 0.3) is 0 Å². The number of halogens is 1. The maximum Gasteiger partial charge on any atom is 0.244 e. The summed E-state index contributed by atoms with van der Waals surface area (Å²) >= 11 is 6.12. The van der Waals surface area contributed by atoms with Crippen LogP contribution in [0.4, 0.5) is 5.69 Å². The Labute approximate surface area is 213 Å². The van der Waals surface area contributed by atoms with Crippen molar-refractivity contribution in [2.24, 2.45) is 0 Å². The van der Waals surface area contributed by atoms with Gasteiger partial charge in [-0.3, -0.25) is 13.9 Å². The van der Waals surface area contributed by atoms with E-state index in [0.29, 0.717) is 17.9 Å². The van der Waals surface area contributed by atoms with E-state index in [1.807, 2.05) is 51.1 Å². The minimum Gasteiger partial charge on any atom is -0.495 e. The highest BCUT2D eigenvalue weighted by Crippen LogP contribution is 2.33. The van der Waals surface area contributed by atoms with Crippen LogP contribution < -0.4 is 14.4 Å². The summed E-state index contributed by atoms with van der Waals surface area (Å²) in [5.74, 6) is -0.526. The molecule has 0 radical (unpaired) electrons. The molecule has 2 aromatic carbocycles. The van der Waals surface area contributed by atoms with Gasteiger partial charge in [0.15, 0.2) is 0 Å². The number of benzene rings is 2. The Morgan fingerprint density at radius 3 is 2.31 bits per heavy atom. The normalized spacial score (nSPS) is 12.2. The number of rotatable bonds is 12. The Morgan fingerprint density at radius 1 is 1.11 bits per heavy atom. The molecule has 192 valence electrons. The van der Waals surface area contributed by atoms with Crippen molar-refractivity contribution >= 4 is 39.1 Å². The number of sulfonamides is 1. The molecular weight excluding hydrogens is 490 g/mol. The molecule has 1 unspecified atom stereocenters. The van der Waals surface area contributed by atoms with Crippen molar-refractivity contribution in [1.29, 1.82) is 0 Å². The van der Waals surface area contributed by atoms with Gasteiger partial charge in [0, 0.05) is 17.6 Å². The molecule has 0 saturated heterocycles. The Hall–Kier alpha value is -2.78. The second-order valence-corrected chi connectivity index (χ2v) is 10.8. The minimum atomic E-state index is -3.89. The average Bonchev–Trinajstić information content (AvgIpc) is 2.79. The molecule has 0 aromatic heterocycles. The first kappa shape index (κ1) is 28.5. The van der Waals surface area contributed by atoms with Gasteiger partial charge in [-0.1, -0.05) is 48.9 Å². The fraction of sp³-hybridized carbons (Fsp3) is 0.440. The van der Waals surface area contributed by atoms with E-state index in [0.717, 1.165) is 16.1 Å². The van der Waals surface area contributed by atoms with Crippen LogP contribution in [0.3, 0.4) is 0 Å². The van der Waals surface area contributed by atoms with Gasteiger partial charge in [0.2, 0.25) is 21.8 Å². The third-order valence-corrected chi connectivity index (χ3v) is 6.75. The molecule has 8 nitrogen and oxygen atoms in total. The Bertz CT molecular complexity index is 1110. The number of methoxy groups -OCH3 is 1. The average molecular weight is 524 g/mol. The van der Waals surface area contributed by atoms with Gasteiger partial charge in [0.1, 0.15) is 18.3 Å². The SMILES string of the molecule is CCC(C(=O)NC(C)C)N(CCc1ccccc1)C(=O)CN(c1cc(Cl)ccc1OC)S(C)(=O)=O. The zero-order valence-corrected chi connectivity index (χ0v) is 22.4. The van der Waals surface area contributed by atoms with Crippen LogP contribution in [-0.2, 0) is 26.0 Å². The number of hydrogen-bond acceptors (Lipinski definition) is 5. The van der Waals surface area contributed by atoms with Gasteiger partial charge in [0.05, 0.1) is 19.1 Å². The lowest BCUT2D eigenvalue weighted by molar-refractivity contribution is -0.139. The molecule has 0 aliphatic rings. The van der Waals surface area contributed by atoms with E-state index in [4.69, 9.17) is 16.3 Å². The van der Waals surface area contributed by atoms with Gasteiger partial charge in [-0.15, -0.1) is 0 Å². The summed E-state index contributed by atoms with van der Waals surface area (Å²) in [6.45, 7) is 5.25. The van der Waals surface area contributed by atoms with E-state index in [9.17, 15) is 18.0 Å². The van der Waals surface area contributed by atoms with E-state index in [1.165, 1.54) is 18.1 Å². The number of nitrogens with one attached hydrogen (secondary N) is 1. The summed E-state index contributed by atoms with van der Waals surface area (Å²) in [5.41, 5.74) is 1.15. The zero-order chi connectivity index (χ0) is 26.2. The Balaban J connectivity index is 2.43. The van der Waals surface area contributed by atoms with Crippen molar-refractivity contribution in [3.63, 3.8) is 0 Å². The minimum absolute atomic E-state index is 0.106. The van der Waals surface area contributed by atoms with Crippen molar-refractivity contribution in [3.8, 4) is 5.75 Å². The fourth-order valence-electron chi connectivity index (χ4n) is 3.73. The number of amides is 2. The van der Waals surface area contributed by atoms with Crippen molar-refractivity contribution < 1.29 is 22.7 Å². The van der Waals surface area contributed by atoms with Crippen LogP contribution in [0.5, 0.6) is 5.75 Å². The summed E-state index contributed by atoms with van der Waals surface area (Å²) in [6, 6.07) is 13.3. The monoisotopic (exact) mass is 523 g/mol. The van der Waals surface area contributed by atoms with Crippen LogP contribution in [0, 0.1) is 0 Å². The molecule has 0 aliphatic heterocycles. The maximum absolute atomic E-state index is 13.6. The highest BCUT2D eigenvalue weighted by Gasteiger charge is 2.32. The largest absolute Gasteiger partial charge is 0.495 e. The Kier molecular flexibility index (Phi) is 10.4. The lowest BCUT2D eigenvalue weighted by atomic mass is 10.1. The van der Waals surface area contributed by atoms with Crippen LogP contribution in [0.15, 0.2) is 48.5 Å². The van der Waals surface area contributed by atoms with E-state index in [-0.39, 0.29) is 29.9 Å². The first-order valence-corrected chi connectivity index (χ1v) is 13.7. The molecule has 10 heteroatoms. The summed E-state index contributed by atoms with van der Waals surface area (Å²) in [6.07, 6.45) is 1.90. The first-order chi connectivity index (χ1) is 16.5. The van der Waals surface area contributed by atoms with Crippen LogP contribution in [-0.4, -0.2) is 63.7 Å². The number of nitrogens with zero attached hydrogens (tertiary/aromatic N) is 2. The second kappa shape index (κ2) is 12.8. The lowest BCUT2D eigenvalue weighted by Crippen LogP contribution is -2.54. The van der Waals surface area contributed by atoms with Crippen LogP contribution >= 0.6 is 11.6 Å². The molecule has 0 saturated carbocycles. The van der Waals surface area contributed by atoms with Gasteiger partial charge in [-0.05, 0) is 50.5 Å². The third kappa shape index (κ3) is 8.14. The highest BCUT2D eigenvalue weighted by molar-refractivity contribution is 7.92. The van der Waals surface area contributed by atoms with E-state index in [1.54, 1.807) is 12.1 Å². The molecule has 0 heterocycles. The Morgan fingerprint density at radius 2 is 1.77 bits per heavy atom. The number of hydrogen-bond donors (Lipinski definition) is 1. The van der Waals surface area contributed by atoms with E-state index in [2.05, 4.69) is 5.32 Å². The summed E-state index contributed by atoms with van der Waals surface area (Å²) in [7, 11) is -2.48. The van der Waals surface area contributed by atoms with Gasteiger partial charge in [-0.25, -0.2) is 8.42 Å². The van der Waals surface area contributed by atoms with Gasteiger partial charge < -0.3 is 15.0 Å². The van der Waals surface area contributed by atoms with Crippen molar-refractivity contribution in [3.05, 3.63) is 59.1 Å².